The van der Waals surface area contributed by atoms with E-state index in [9.17, 15) is 13.2 Å². The molecule has 1 N–H and O–H groups in total. The summed E-state index contributed by atoms with van der Waals surface area (Å²) in [6.07, 6.45) is 10.5. The molecule has 0 radical (unpaired) electrons. The standard InChI is InChI=1S/C20H35N3O3S/c1-14(23-6-4-18(5-7-23)22(2)27(3,25)26)19(24)21-20-11-15-8-16(12-20)10-17(9-15)13-20/h14-18H,4-13H2,1-3H3,(H,21,24). The minimum atomic E-state index is -3.15. The quantitative estimate of drug-likeness (QED) is 0.768. The van der Waals surface area contributed by atoms with Crippen LogP contribution in [0.3, 0.4) is 0 Å². The molecule has 27 heavy (non-hydrogen) atoms. The summed E-state index contributed by atoms with van der Waals surface area (Å²) in [5.41, 5.74) is 0.0644. The Balaban J connectivity index is 1.33. The molecule has 4 saturated carbocycles. The molecule has 7 heteroatoms. The molecule has 154 valence electrons. The highest BCUT2D eigenvalue weighted by molar-refractivity contribution is 7.88. The fourth-order valence-electron chi connectivity index (χ4n) is 6.70. The molecule has 1 heterocycles. The molecule has 5 aliphatic rings. The monoisotopic (exact) mass is 397 g/mol. The first-order valence-corrected chi connectivity index (χ1v) is 12.5. The third kappa shape index (κ3) is 3.92. The van der Waals surface area contributed by atoms with Gasteiger partial charge < -0.3 is 5.32 Å². The maximum atomic E-state index is 13.0. The summed E-state index contributed by atoms with van der Waals surface area (Å²) < 4.78 is 25.0. The fraction of sp³-hybridized carbons (Fsp3) is 0.950. The van der Waals surface area contributed by atoms with Crippen molar-refractivity contribution in [3.8, 4) is 0 Å². The molecule has 0 aromatic rings. The van der Waals surface area contributed by atoms with Gasteiger partial charge in [0, 0.05) is 31.7 Å². The van der Waals surface area contributed by atoms with Crippen molar-refractivity contribution in [1.82, 2.24) is 14.5 Å². The molecule has 6 nitrogen and oxygen atoms in total. The number of piperidine rings is 1. The molecule has 4 aliphatic carbocycles. The van der Waals surface area contributed by atoms with E-state index < -0.39 is 10.0 Å². The molecule has 0 spiro atoms. The summed E-state index contributed by atoms with van der Waals surface area (Å²) in [6.45, 7) is 3.57. The fourth-order valence-corrected chi connectivity index (χ4v) is 7.46. The molecule has 1 aliphatic heterocycles. The van der Waals surface area contributed by atoms with Gasteiger partial charge in [0.2, 0.25) is 15.9 Å². The van der Waals surface area contributed by atoms with Crippen molar-refractivity contribution in [2.24, 2.45) is 17.8 Å². The van der Waals surface area contributed by atoms with Gasteiger partial charge in [-0.2, -0.15) is 0 Å². The van der Waals surface area contributed by atoms with Gasteiger partial charge in [0.05, 0.1) is 12.3 Å². The smallest absolute Gasteiger partial charge is 0.237 e. The van der Waals surface area contributed by atoms with E-state index in [0.717, 1.165) is 43.7 Å². The molecular formula is C20H35N3O3S. The van der Waals surface area contributed by atoms with E-state index in [1.165, 1.54) is 49.1 Å². The normalized spacial score (nSPS) is 38.3. The van der Waals surface area contributed by atoms with Gasteiger partial charge in [-0.25, -0.2) is 12.7 Å². The maximum Gasteiger partial charge on any atom is 0.237 e. The van der Waals surface area contributed by atoms with Crippen molar-refractivity contribution in [3.63, 3.8) is 0 Å². The van der Waals surface area contributed by atoms with Crippen LogP contribution in [0.5, 0.6) is 0 Å². The first-order valence-electron chi connectivity index (χ1n) is 10.6. The number of rotatable bonds is 5. The lowest BCUT2D eigenvalue weighted by atomic mass is 9.53. The van der Waals surface area contributed by atoms with Gasteiger partial charge in [-0.1, -0.05) is 0 Å². The van der Waals surface area contributed by atoms with Crippen LogP contribution in [0, 0.1) is 17.8 Å². The highest BCUT2D eigenvalue weighted by Gasteiger charge is 2.51. The second-order valence-electron chi connectivity index (χ2n) is 9.91. The Bertz CT molecular complexity index is 649. The van der Waals surface area contributed by atoms with Crippen molar-refractivity contribution in [1.29, 1.82) is 0 Å². The first-order chi connectivity index (χ1) is 12.7. The third-order valence-corrected chi connectivity index (χ3v) is 9.23. The Hall–Kier alpha value is -0.660. The Morgan fingerprint density at radius 2 is 1.56 bits per heavy atom. The van der Waals surface area contributed by atoms with Gasteiger partial charge >= 0.3 is 0 Å². The summed E-state index contributed by atoms with van der Waals surface area (Å²) in [5, 5.41) is 3.49. The molecule has 0 aromatic carbocycles. The molecule has 0 aromatic heterocycles. The number of nitrogens with one attached hydrogen (secondary N) is 1. The number of hydrogen-bond donors (Lipinski definition) is 1. The second-order valence-corrected chi connectivity index (χ2v) is 12.0. The van der Waals surface area contributed by atoms with Crippen LogP contribution in [0.1, 0.15) is 58.3 Å². The molecule has 1 saturated heterocycles. The van der Waals surface area contributed by atoms with Crippen LogP contribution in [-0.4, -0.2) is 67.5 Å². The van der Waals surface area contributed by atoms with Crippen LogP contribution >= 0.6 is 0 Å². The molecule has 1 atom stereocenters. The topological polar surface area (TPSA) is 69.7 Å². The van der Waals surface area contributed by atoms with Crippen molar-refractivity contribution < 1.29 is 13.2 Å². The van der Waals surface area contributed by atoms with E-state index in [4.69, 9.17) is 0 Å². The highest BCUT2D eigenvalue weighted by Crippen LogP contribution is 2.55. The Morgan fingerprint density at radius 3 is 2.00 bits per heavy atom. The minimum absolute atomic E-state index is 0.0506. The summed E-state index contributed by atoms with van der Waals surface area (Å²) >= 11 is 0. The summed E-state index contributed by atoms with van der Waals surface area (Å²) in [6, 6.07) is -0.0860. The van der Waals surface area contributed by atoms with E-state index >= 15 is 0 Å². The average Bonchev–Trinajstić information content (AvgIpc) is 2.58. The number of carbonyl (C=O) groups is 1. The number of hydrogen-bond acceptors (Lipinski definition) is 4. The zero-order chi connectivity index (χ0) is 19.4. The lowest BCUT2D eigenvalue weighted by molar-refractivity contribution is -0.132. The van der Waals surface area contributed by atoms with Gasteiger partial charge in [-0.3, -0.25) is 9.69 Å². The number of sulfonamides is 1. The zero-order valence-electron chi connectivity index (χ0n) is 17.0. The Labute approximate surface area is 164 Å². The van der Waals surface area contributed by atoms with Crippen LogP contribution in [0.15, 0.2) is 0 Å². The van der Waals surface area contributed by atoms with Crippen LogP contribution in [-0.2, 0) is 14.8 Å². The summed E-state index contributed by atoms with van der Waals surface area (Å²) in [4.78, 5) is 15.3. The molecule has 5 fully saturated rings. The van der Waals surface area contributed by atoms with E-state index in [0.29, 0.717) is 0 Å². The highest BCUT2D eigenvalue weighted by atomic mass is 32.2. The number of amides is 1. The predicted molar refractivity (Wildman–Crippen MR) is 106 cm³/mol. The van der Waals surface area contributed by atoms with Crippen LogP contribution in [0.2, 0.25) is 0 Å². The third-order valence-electron chi connectivity index (χ3n) is 7.89. The first kappa shape index (κ1) is 19.6. The molecular weight excluding hydrogens is 362 g/mol. The predicted octanol–water partition coefficient (Wildman–Crippen LogP) is 1.82. The lowest BCUT2D eigenvalue weighted by Gasteiger charge is -2.57. The van der Waals surface area contributed by atoms with Gasteiger partial charge in [0.25, 0.3) is 0 Å². The van der Waals surface area contributed by atoms with Crippen molar-refractivity contribution in [2.75, 3.05) is 26.4 Å². The van der Waals surface area contributed by atoms with Crippen molar-refractivity contribution in [2.45, 2.75) is 75.9 Å². The molecule has 1 unspecified atom stereocenters. The van der Waals surface area contributed by atoms with Crippen LogP contribution in [0.25, 0.3) is 0 Å². The average molecular weight is 398 g/mol. The van der Waals surface area contributed by atoms with Crippen molar-refractivity contribution in [3.05, 3.63) is 0 Å². The van der Waals surface area contributed by atoms with Gasteiger partial charge in [0.15, 0.2) is 0 Å². The summed E-state index contributed by atoms with van der Waals surface area (Å²) in [7, 11) is -1.49. The van der Waals surface area contributed by atoms with E-state index in [1.54, 1.807) is 7.05 Å². The van der Waals surface area contributed by atoms with E-state index in [1.807, 2.05) is 6.92 Å². The van der Waals surface area contributed by atoms with Crippen LogP contribution < -0.4 is 5.32 Å². The van der Waals surface area contributed by atoms with Crippen LogP contribution in [0.4, 0.5) is 0 Å². The largest absolute Gasteiger partial charge is 0.349 e. The Morgan fingerprint density at radius 1 is 1.07 bits per heavy atom. The number of carbonyl (C=O) groups excluding carboxylic acids is 1. The Kier molecular flexibility index (Phi) is 5.09. The number of nitrogens with zero attached hydrogens (tertiary/aromatic N) is 2. The minimum Gasteiger partial charge on any atom is -0.349 e. The number of likely N-dealkylation sites (tertiary alicyclic amines) is 1. The SMILES string of the molecule is CC(C(=O)NC12CC3CC(CC(C3)C1)C2)N1CCC(N(C)S(C)(=O)=O)CC1. The molecule has 4 bridgehead atoms. The van der Waals surface area contributed by atoms with Gasteiger partial charge in [-0.15, -0.1) is 0 Å². The maximum absolute atomic E-state index is 13.0. The van der Waals surface area contributed by atoms with E-state index in [2.05, 4.69) is 10.2 Å². The van der Waals surface area contributed by atoms with Crippen molar-refractivity contribution >= 4 is 15.9 Å². The lowest BCUT2D eigenvalue weighted by Crippen LogP contribution is -2.62. The molecule has 1 amide bonds. The van der Waals surface area contributed by atoms with Gasteiger partial charge in [0.1, 0.15) is 0 Å². The molecule has 5 rings (SSSR count). The van der Waals surface area contributed by atoms with E-state index in [-0.39, 0.29) is 23.5 Å². The van der Waals surface area contributed by atoms with Gasteiger partial charge in [-0.05, 0) is 76.0 Å². The second kappa shape index (κ2) is 6.99. The summed E-state index contributed by atoms with van der Waals surface area (Å²) in [5.74, 6) is 2.66. The zero-order valence-corrected chi connectivity index (χ0v) is 17.8.